The molecule has 0 unspecified atom stereocenters. The highest BCUT2D eigenvalue weighted by Gasteiger charge is 2.36. The topological polar surface area (TPSA) is 57.7 Å². The van der Waals surface area contributed by atoms with Gasteiger partial charge in [-0.2, -0.15) is 0 Å². The SMILES string of the molecule is Cc1ccc2c(c1)C(=O)N(CCC(=O)N1CCc3ccccc31)C2=O. The third kappa shape index (κ3) is 2.52. The summed E-state index contributed by atoms with van der Waals surface area (Å²) in [5, 5.41) is 0. The van der Waals surface area contributed by atoms with Gasteiger partial charge in [-0.3, -0.25) is 19.3 Å². The monoisotopic (exact) mass is 334 g/mol. The Morgan fingerprint density at radius 2 is 1.80 bits per heavy atom. The lowest BCUT2D eigenvalue weighted by atomic mass is 10.1. The molecule has 0 aliphatic carbocycles. The van der Waals surface area contributed by atoms with E-state index >= 15 is 0 Å². The zero-order valence-corrected chi connectivity index (χ0v) is 14.0. The Hall–Kier alpha value is -2.95. The number of carbonyl (C=O) groups is 3. The Labute approximate surface area is 145 Å². The number of carbonyl (C=O) groups excluding carboxylic acids is 3. The van der Waals surface area contributed by atoms with Crippen molar-refractivity contribution >= 4 is 23.4 Å². The lowest BCUT2D eigenvalue weighted by Crippen LogP contribution is -2.36. The van der Waals surface area contributed by atoms with E-state index in [0.717, 1.165) is 23.2 Å². The first-order valence-corrected chi connectivity index (χ1v) is 8.41. The van der Waals surface area contributed by atoms with E-state index in [9.17, 15) is 14.4 Å². The highest BCUT2D eigenvalue weighted by atomic mass is 16.2. The summed E-state index contributed by atoms with van der Waals surface area (Å²) in [5.74, 6) is -0.675. The predicted molar refractivity (Wildman–Crippen MR) is 93.7 cm³/mol. The third-order valence-corrected chi connectivity index (χ3v) is 4.86. The van der Waals surface area contributed by atoms with Crippen LogP contribution < -0.4 is 4.90 Å². The number of amides is 3. The fraction of sp³-hybridized carbons (Fsp3) is 0.250. The molecule has 0 atom stereocenters. The second-order valence-corrected chi connectivity index (χ2v) is 6.49. The number of anilines is 1. The van der Waals surface area contributed by atoms with E-state index in [1.54, 1.807) is 17.0 Å². The number of hydrogen-bond donors (Lipinski definition) is 0. The van der Waals surface area contributed by atoms with Crippen LogP contribution in [0, 0.1) is 6.92 Å². The van der Waals surface area contributed by atoms with Crippen LogP contribution in [0.3, 0.4) is 0 Å². The van der Waals surface area contributed by atoms with Crippen LogP contribution in [0.1, 0.15) is 38.3 Å². The molecule has 0 saturated carbocycles. The summed E-state index contributed by atoms with van der Waals surface area (Å²) in [4.78, 5) is 40.4. The predicted octanol–water partition coefficient (Wildman–Crippen LogP) is 2.57. The van der Waals surface area contributed by atoms with Gasteiger partial charge in [-0.05, 0) is 37.1 Å². The molecule has 0 saturated heterocycles. The molecule has 0 spiro atoms. The van der Waals surface area contributed by atoms with Crippen molar-refractivity contribution in [3.8, 4) is 0 Å². The van der Waals surface area contributed by atoms with Crippen molar-refractivity contribution in [1.29, 1.82) is 0 Å². The van der Waals surface area contributed by atoms with Gasteiger partial charge in [0.15, 0.2) is 0 Å². The van der Waals surface area contributed by atoms with Crippen molar-refractivity contribution < 1.29 is 14.4 Å². The van der Waals surface area contributed by atoms with Crippen molar-refractivity contribution in [2.24, 2.45) is 0 Å². The molecule has 0 fully saturated rings. The van der Waals surface area contributed by atoms with Gasteiger partial charge in [0.1, 0.15) is 0 Å². The van der Waals surface area contributed by atoms with Gasteiger partial charge in [0.2, 0.25) is 5.91 Å². The zero-order valence-electron chi connectivity index (χ0n) is 14.0. The molecule has 5 heteroatoms. The Kier molecular flexibility index (Phi) is 3.64. The molecule has 2 aromatic rings. The Bertz CT molecular complexity index is 904. The second-order valence-electron chi connectivity index (χ2n) is 6.49. The zero-order chi connectivity index (χ0) is 17.6. The van der Waals surface area contributed by atoms with Crippen LogP contribution in [0.2, 0.25) is 0 Å². The van der Waals surface area contributed by atoms with Crippen LogP contribution in [0.25, 0.3) is 0 Å². The molecular weight excluding hydrogens is 316 g/mol. The fourth-order valence-electron chi connectivity index (χ4n) is 3.55. The molecule has 2 aromatic carbocycles. The van der Waals surface area contributed by atoms with E-state index in [1.807, 2.05) is 37.3 Å². The lowest BCUT2D eigenvalue weighted by molar-refractivity contribution is -0.118. The summed E-state index contributed by atoms with van der Waals surface area (Å²) < 4.78 is 0. The van der Waals surface area contributed by atoms with E-state index in [1.165, 1.54) is 4.90 Å². The molecule has 2 heterocycles. The first-order chi connectivity index (χ1) is 12.1. The van der Waals surface area contributed by atoms with E-state index < -0.39 is 0 Å². The number of hydrogen-bond acceptors (Lipinski definition) is 3. The van der Waals surface area contributed by atoms with Crippen LogP contribution in [0.15, 0.2) is 42.5 Å². The summed E-state index contributed by atoms with van der Waals surface area (Å²) in [7, 11) is 0. The van der Waals surface area contributed by atoms with Crippen LogP contribution in [-0.4, -0.2) is 35.7 Å². The maximum atomic E-state index is 12.6. The largest absolute Gasteiger partial charge is 0.312 e. The number of imide groups is 1. The summed E-state index contributed by atoms with van der Waals surface area (Å²) >= 11 is 0. The summed E-state index contributed by atoms with van der Waals surface area (Å²) in [6.45, 7) is 2.65. The van der Waals surface area contributed by atoms with Crippen LogP contribution in [0.5, 0.6) is 0 Å². The maximum Gasteiger partial charge on any atom is 0.261 e. The molecule has 4 rings (SSSR count). The van der Waals surface area contributed by atoms with Gasteiger partial charge in [-0.25, -0.2) is 0 Å². The molecular formula is C20H18N2O3. The fourth-order valence-corrected chi connectivity index (χ4v) is 3.55. The smallest absolute Gasteiger partial charge is 0.261 e. The lowest BCUT2D eigenvalue weighted by Gasteiger charge is -2.19. The number of para-hydroxylation sites is 1. The Balaban J connectivity index is 1.47. The number of aryl methyl sites for hydroxylation is 1. The first kappa shape index (κ1) is 15.6. The number of fused-ring (bicyclic) bond motifs is 2. The summed E-state index contributed by atoms with van der Waals surface area (Å²) in [6.07, 6.45) is 0.979. The van der Waals surface area contributed by atoms with Crippen molar-refractivity contribution in [3.05, 3.63) is 64.7 Å². The first-order valence-electron chi connectivity index (χ1n) is 8.41. The molecule has 0 aromatic heterocycles. The number of nitrogens with zero attached hydrogens (tertiary/aromatic N) is 2. The van der Waals surface area contributed by atoms with Crippen molar-refractivity contribution in [1.82, 2.24) is 4.90 Å². The van der Waals surface area contributed by atoms with Gasteiger partial charge < -0.3 is 4.90 Å². The van der Waals surface area contributed by atoms with Gasteiger partial charge in [0.05, 0.1) is 11.1 Å². The van der Waals surface area contributed by atoms with E-state index in [2.05, 4.69) is 0 Å². The summed E-state index contributed by atoms with van der Waals surface area (Å²) in [6, 6.07) is 13.1. The van der Waals surface area contributed by atoms with Crippen LogP contribution >= 0.6 is 0 Å². The van der Waals surface area contributed by atoms with Gasteiger partial charge in [-0.1, -0.05) is 29.8 Å². The Morgan fingerprint density at radius 1 is 1.04 bits per heavy atom. The molecule has 0 radical (unpaired) electrons. The summed E-state index contributed by atoms with van der Waals surface area (Å²) in [5.41, 5.74) is 3.89. The minimum Gasteiger partial charge on any atom is -0.312 e. The molecule has 126 valence electrons. The van der Waals surface area contributed by atoms with Crippen molar-refractivity contribution in [3.63, 3.8) is 0 Å². The van der Waals surface area contributed by atoms with Crippen molar-refractivity contribution in [2.45, 2.75) is 19.8 Å². The van der Waals surface area contributed by atoms with Crippen molar-refractivity contribution in [2.75, 3.05) is 18.0 Å². The van der Waals surface area contributed by atoms with Gasteiger partial charge in [0, 0.05) is 25.2 Å². The minimum absolute atomic E-state index is 0.0577. The average Bonchev–Trinajstić information content (AvgIpc) is 3.14. The van der Waals surface area contributed by atoms with Gasteiger partial charge >= 0.3 is 0 Å². The normalized spacial score (nSPS) is 15.6. The van der Waals surface area contributed by atoms with E-state index in [4.69, 9.17) is 0 Å². The molecule has 0 bridgehead atoms. The van der Waals surface area contributed by atoms with E-state index in [-0.39, 0.29) is 30.7 Å². The molecule has 0 N–H and O–H groups in total. The second kappa shape index (κ2) is 5.84. The van der Waals surface area contributed by atoms with Crippen LogP contribution in [0.4, 0.5) is 5.69 Å². The maximum absolute atomic E-state index is 12.6. The standard InChI is InChI=1S/C20H18N2O3/c1-13-6-7-15-16(12-13)20(25)22(19(15)24)11-9-18(23)21-10-8-14-4-2-3-5-17(14)21/h2-7,12H,8-11H2,1H3. The highest BCUT2D eigenvalue weighted by Crippen LogP contribution is 2.28. The Morgan fingerprint density at radius 3 is 2.64 bits per heavy atom. The average molecular weight is 334 g/mol. The number of rotatable bonds is 3. The quantitative estimate of drug-likeness (QED) is 0.811. The van der Waals surface area contributed by atoms with Gasteiger partial charge in [0.25, 0.3) is 11.8 Å². The van der Waals surface area contributed by atoms with E-state index in [0.29, 0.717) is 17.7 Å². The molecule has 2 aliphatic heterocycles. The molecule has 5 nitrogen and oxygen atoms in total. The third-order valence-electron chi connectivity index (χ3n) is 4.86. The number of benzene rings is 2. The molecule has 2 aliphatic rings. The minimum atomic E-state index is -0.311. The highest BCUT2D eigenvalue weighted by molar-refractivity contribution is 6.21. The molecule has 25 heavy (non-hydrogen) atoms. The van der Waals surface area contributed by atoms with Crippen LogP contribution in [-0.2, 0) is 11.2 Å². The molecule has 3 amide bonds. The van der Waals surface area contributed by atoms with Gasteiger partial charge in [-0.15, -0.1) is 0 Å².